The van der Waals surface area contributed by atoms with Gasteiger partial charge in [-0.1, -0.05) is 0 Å². The number of fused-ring (bicyclic) bond motifs is 1. The Morgan fingerprint density at radius 2 is 2.17 bits per heavy atom. The minimum absolute atomic E-state index is 0.457. The third-order valence-corrected chi connectivity index (χ3v) is 3.45. The first-order valence-corrected chi connectivity index (χ1v) is 6.89. The maximum absolute atomic E-state index is 11.7. The molecule has 4 nitrogen and oxygen atoms in total. The molecule has 0 fully saturated rings. The first-order valence-electron chi connectivity index (χ1n) is 5.81. The van der Waals surface area contributed by atoms with Crippen molar-refractivity contribution in [2.45, 2.75) is 32.8 Å². The van der Waals surface area contributed by atoms with Gasteiger partial charge in [-0.2, -0.15) is 0 Å². The molecule has 0 atom stereocenters. The van der Waals surface area contributed by atoms with Crippen LogP contribution >= 0.6 is 22.6 Å². The number of hydrogen-bond acceptors (Lipinski definition) is 3. The summed E-state index contributed by atoms with van der Waals surface area (Å²) in [5.41, 5.74) is 1.33. The van der Waals surface area contributed by atoms with Crippen LogP contribution in [0.3, 0.4) is 0 Å². The minimum Gasteiger partial charge on any atom is -0.491 e. The Bertz CT molecular complexity index is 480. The first kappa shape index (κ1) is 13.5. The molecule has 1 aromatic rings. The van der Waals surface area contributed by atoms with Crippen molar-refractivity contribution in [3.63, 3.8) is 0 Å². The lowest BCUT2D eigenvalue weighted by Crippen LogP contribution is -2.27. The van der Waals surface area contributed by atoms with Crippen molar-refractivity contribution in [2.24, 2.45) is 0 Å². The summed E-state index contributed by atoms with van der Waals surface area (Å²) >= 11 is 2.27. The van der Waals surface area contributed by atoms with Gasteiger partial charge in [-0.3, -0.25) is 5.32 Å². The highest BCUT2D eigenvalue weighted by atomic mass is 127. The molecular weight excluding hydrogens is 345 g/mol. The fraction of sp³-hybridized carbons (Fsp3) is 0.462. The van der Waals surface area contributed by atoms with Gasteiger partial charge in [0.1, 0.15) is 11.4 Å². The number of hydrogen-bond donors (Lipinski definition) is 1. The van der Waals surface area contributed by atoms with Gasteiger partial charge in [0.05, 0.1) is 12.3 Å². The van der Waals surface area contributed by atoms with Crippen LogP contribution in [0.4, 0.5) is 10.5 Å². The summed E-state index contributed by atoms with van der Waals surface area (Å²) in [5.74, 6) is 0.771. The summed E-state index contributed by atoms with van der Waals surface area (Å²) in [5, 5.41) is 2.74. The summed E-state index contributed by atoms with van der Waals surface area (Å²) in [6.07, 6.45) is 0.429. The van der Waals surface area contributed by atoms with Crippen LogP contribution in [0.2, 0.25) is 0 Å². The molecule has 1 amide bonds. The highest BCUT2D eigenvalue weighted by molar-refractivity contribution is 14.1. The molecule has 18 heavy (non-hydrogen) atoms. The van der Waals surface area contributed by atoms with Gasteiger partial charge in [0, 0.05) is 15.6 Å². The second-order valence-corrected chi connectivity index (χ2v) is 6.29. The van der Waals surface area contributed by atoms with Crippen LogP contribution in [-0.4, -0.2) is 18.3 Å². The number of ether oxygens (including phenoxy) is 2. The molecule has 2 rings (SSSR count). The van der Waals surface area contributed by atoms with Crippen molar-refractivity contribution in [3.8, 4) is 5.75 Å². The van der Waals surface area contributed by atoms with Gasteiger partial charge in [0.25, 0.3) is 0 Å². The minimum atomic E-state index is -0.503. The van der Waals surface area contributed by atoms with Crippen LogP contribution in [0.5, 0.6) is 5.75 Å². The molecule has 5 heteroatoms. The van der Waals surface area contributed by atoms with Crippen LogP contribution in [0, 0.1) is 3.57 Å². The van der Waals surface area contributed by atoms with Gasteiger partial charge in [-0.25, -0.2) is 4.79 Å². The molecule has 1 N–H and O–H groups in total. The number of carbonyl (C=O) groups is 1. The lowest BCUT2D eigenvalue weighted by molar-refractivity contribution is 0.0635. The van der Waals surface area contributed by atoms with Gasteiger partial charge >= 0.3 is 6.09 Å². The Morgan fingerprint density at radius 3 is 2.83 bits per heavy atom. The number of nitrogens with one attached hydrogen (secondary N) is 1. The van der Waals surface area contributed by atoms with Crippen molar-refractivity contribution in [1.82, 2.24) is 0 Å². The van der Waals surface area contributed by atoms with Gasteiger partial charge in [0.15, 0.2) is 0 Å². The number of amides is 1. The number of rotatable bonds is 1. The van der Waals surface area contributed by atoms with Crippen LogP contribution < -0.4 is 10.1 Å². The summed E-state index contributed by atoms with van der Waals surface area (Å²) in [7, 11) is 0. The van der Waals surface area contributed by atoms with Gasteiger partial charge in [-0.15, -0.1) is 0 Å². The summed E-state index contributed by atoms with van der Waals surface area (Å²) in [4.78, 5) is 11.7. The maximum atomic E-state index is 11.7. The van der Waals surface area contributed by atoms with E-state index in [2.05, 4.69) is 27.9 Å². The van der Waals surface area contributed by atoms with Crippen LogP contribution in [-0.2, 0) is 11.2 Å². The quantitative estimate of drug-likeness (QED) is 0.778. The standard InChI is InChI=1S/C13H16INO3/c1-13(2,3)18-12(16)15-10-5-4-9(14)8-6-7-17-11(8)10/h4-5H,6-7H2,1-3H3,(H,15,16). The predicted molar refractivity (Wildman–Crippen MR) is 78.2 cm³/mol. The molecule has 1 aromatic carbocycles. The molecule has 1 heterocycles. The average Bonchev–Trinajstić information content (AvgIpc) is 2.69. The highest BCUT2D eigenvalue weighted by Crippen LogP contribution is 2.36. The van der Waals surface area contributed by atoms with E-state index in [1.54, 1.807) is 0 Å². The summed E-state index contributed by atoms with van der Waals surface area (Å²) in [6.45, 7) is 6.17. The topological polar surface area (TPSA) is 47.6 Å². The smallest absolute Gasteiger partial charge is 0.412 e. The fourth-order valence-electron chi connectivity index (χ4n) is 1.77. The second kappa shape index (κ2) is 4.95. The van der Waals surface area contributed by atoms with Crippen molar-refractivity contribution < 1.29 is 14.3 Å². The number of benzene rings is 1. The van der Waals surface area contributed by atoms with E-state index in [1.165, 1.54) is 0 Å². The Labute approximate surface area is 120 Å². The summed E-state index contributed by atoms with van der Waals surface area (Å²) in [6, 6.07) is 3.82. The fourth-order valence-corrected chi connectivity index (χ4v) is 2.46. The average molecular weight is 361 g/mol. The van der Waals surface area contributed by atoms with E-state index < -0.39 is 11.7 Å². The Kier molecular flexibility index (Phi) is 3.70. The number of carbonyl (C=O) groups excluding carboxylic acids is 1. The first-order chi connectivity index (χ1) is 8.37. The van der Waals surface area contributed by atoms with Gasteiger partial charge in [0.2, 0.25) is 0 Å². The third-order valence-electron chi connectivity index (χ3n) is 2.44. The van der Waals surface area contributed by atoms with Crippen molar-refractivity contribution >= 4 is 34.4 Å². The van der Waals surface area contributed by atoms with Crippen molar-refractivity contribution in [3.05, 3.63) is 21.3 Å². The second-order valence-electron chi connectivity index (χ2n) is 5.13. The molecule has 0 spiro atoms. The zero-order chi connectivity index (χ0) is 13.3. The molecular formula is C13H16INO3. The van der Waals surface area contributed by atoms with Crippen molar-refractivity contribution in [1.29, 1.82) is 0 Å². The van der Waals surface area contributed by atoms with E-state index >= 15 is 0 Å². The molecule has 1 aliphatic rings. The predicted octanol–water partition coefficient (Wildman–Crippen LogP) is 3.57. The molecule has 98 valence electrons. The molecule has 0 radical (unpaired) electrons. The zero-order valence-corrected chi connectivity index (χ0v) is 12.8. The number of anilines is 1. The van der Waals surface area contributed by atoms with Crippen molar-refractivity contribution in [2.75, 3.05) is 11.9 Å². The molecule has 0 bridgehead atoms. The van der Waals surface area contributed by atoms with Crippen LogP contribution in [0.1, 0.15) is 26.3 Å². The van der Waals surface area contributed by atoms with E-state index in [0.29, 0.717) is 12.3 Å². The summed E-state index contributed by atoms with van der Waals surface area (Å²) < 4.78 is 12.0. The molecule has 0 saturated carbocycles. The maximum Gasteiger partial charge on any atom is 0.412 e. The molecule has 0 aliphatic carbocycles. The number of halogens is 1. The highest BCUT2D eigenvalue weighted by Gasteiger charge is 2.22. The van der Waals surface area contributed by atoms with Crippen LogP contribution in [0.25, 0.3) is 0 Å². The lowest BCUT2D eigenvalue weighted by atomic mass is 10.1. The van der Waals surface area contributed by atoms with E-state index in [0.717, 1.165) is 21.3 Å². The Balaban J connectivity index is 2.16. The van der Waals surface area contributed by atoms with E-state index in [1.807, 2.05) is 32.9 Å². The molecule has 1 aliphatic heterocycles. The monoisotopic (exact) mass is 361 g/mol. The Hall–Kier alpha value is -0.980. The normalized spacial score (nSPS) is 13.8. The van der Waals surface area contributed by atoms with E-state index in [-0.39, 0.29) is 0 Å². The molecule has 0 aromatic heterocycles. The van der Waals surface area contributed by atoms with E-state index in [4.69, 9.17) is 9.47 Å². The largest absolute Gasteiger partial charge is 0.491 e. The van der Waals surface area contributed by atoms with Crippen LogP contribution in [0.15, 0.2) is 12.1 Å². The van der Waals surface area contributed by atoms with Gasteiger partial charge < -0.3 is 9.47 Å². The van der Waals surface area contributed by atoms with Gasteiger partial charge in [-0.05, 0) is 55.5 Å². The Morgan fingerprint density at radius 1 is 1.44 bits per heavy atom. The molecule has 0 saturated heterocycles. The van der Waals surface area contributed by atoms with E-state index in [9.17, 15) is 4.79 Å². The third kappa shape index (κ3) is 3.07. The molecule has 0 unspecified atom stereocenters. The zero-order valence-electron chi connectivity index (χ0n) is 10.7. The SMILES string of the molecule is CC(C)(C)OC(=O)Nc1ccc(I)c2c1OCC2. The lowest BCUT2D eigenvalue weighted by Gasteiger charge is -2.20.